The number of aryl methyl sites for hydroxylation is 2. The third-order valence-corrected chi connectivity index (χ3v) is 3.63. The number of nitrogens with zero attached hydrogens (tertiary/aromatic N) is 2. The number of benzene rings is 1. The lowest BCUT2D eigenvalue weighted by Gasteiger charge is -2.11. The van der Waals surface area contributed by atoms with E-state index in [9.17, 15) is 9.59 Å². The molecule has 0 unspecified atom stereocenters. The smallest absolute Gasteiger partial charge is 0.257 e. The molecule has 0 fully saturated rings. The van der Waals surface area contributed by atoms with Gasteiger partial charge in [0.05, 0.1) is 18.4 Å². The van der Waals surface area contributed by atoms with Crippen molar-refractivity contribution >= 4 is 17.8 Å². The van der Waals surface area contributed by atoms with E-state index in [2.05, 4.69) is 10.4 Å². The molecule has 0 bridgehead atoms. The minimum atomic E-state index is -0.198. The lowest BCUT2D eigenvalue weighted by molar-refractivity contribution is -0.123. The second-order valence-corrected chi connectivity index (χ2v) is 5.65. The fourth-order valence-electron chi connectivity index (χ4n) is 2.40. The van der Waals surface area contributed by atoms with E-state index in [0.29, 0.717) is 29.3 Å². The maximum absolute atomic E-state index is 12.3. The second kappa shape index (κ2) is 8.84. The lowest BCUT2D eigenvalue weighted by atomic mass is 10.1. The van der Waals surface area contributed by atoms with Crippen LogP contribution >= 0.6 is 0 Å². The monoisotopic (exact) mass is 357 g/mol. The van der Waals surface area contributed by atoms with E-state index >= 15 is 0 Å². The van der Waals surface area contributed by atoms with Crippen molar-refractivity contribution in [1.82, 2.24) is 15.1 Å². The van der Waals surface area contributed by atoms with Crippen LogP contribution < -0.4 is 14.8 Å². The zero-order valence-electron chi connectivity index (χ0n) is 15.4. The standard InChI is InChI=1S/C19H23N3O4/c1-5-20-19(24)12-26-17-9-7-14(10-18(17)25-4)6-8-16(23)15-11-22(3)21-13(15)2/h6-11H,5,12H2,1-4H3,(H,20,24). The average Bonchev–Trinajstić information content (AvgIpc) is 2.96. The van der Waals surface area contributed by atoms with Gasteiger partial charge in [-0.05, 0) is 37.6 Å². The van der Waals surface area contributed by atoms with Gasteiger partial charge in [-0.2, -0.15) is 5.10 Å². The van der Waals surface area contributed by atoms with E-state index in [-0.39, 0.29) is 18.3 Å². The van der Waals surface area contributed by atoms with Crippen LogP contribution in [0.25, 0.3) is 6.08 Å². The molecule has 1 heterocycles. The fourth-order valence-corrected chi connectivity index (χ4v) is 2.40. The number of ether oxygens (including phenoxy) is 2. The normalized spacial score (nSPS) is 10.8. The molecule has 0 atom stereocenters. The summed E-state index contributed by atoms with van der Waals surface area (Å²) >= 11 is 0. The van der Waals surface area contributed by atoms with Crippen LogP contribution in [0.4, 0.5) is 0 Å². The van der Waals surface area contributed by atoms with Gasteiger partial charge in [-0.25, -0.2) is 0 Å². The third kappa shape index (κ3) is 4.95. The van der Waals surface area contributed by atoms with E-state index in [4.69, 9.17) is 9.47 Å². The minimum absolute atomic E-state index is 0.0852. The number of nitrogens with one attached hydrogen (secondary N) is 1. The summed E-state index contributed by atoms with van der Waals surface area (Å²) < 4.78 is 12.4. The molecule has 7 heteroatoms. The van der Waals surface area contributed by atoms with Gasteiger partial charge in [-0.3, -0.25) is 14.3 Å². The summed E-state index contributed by atoms with van der Waals surface area (Å²) in [7, 11) is 3.30. The molecule has 1 aromatic heterocycles. The molecule has 26 heavy (non-hydrogen) atoms. The quantitative estimate of drug-likeness (QED) is 0.578. The number of allylic oxidation sites excluding steroid dienone is 1. The number of amides is 1. The molecular formula is C19H23N3O4. The topological polar surface area (TPSA) is 82.5 Å². The molecule has 1 N–H and O–H groups in total. The molecule has 2 aromatic rings. The van der Waals surface area contributed by atoms with Crippen molar-refractivity contribution in [3.8, 4) is 11.5 Å². The number of rotatable bonds is 8. The number of methoxy groups -OCH3 is 1. The highest BCUT2D eigenvalue weighted by Gasteiger charge is 2.10. The summed E-state index contributed by atoms with van der Waals surface area (Å²) in [5.74, 6) is 0.633. The fraction of sp³-hybridized carbons (Fsp3) is 0.316. The number of carbonyl (C=O) groups excluding carboxylic acids is 2. The van der Waals surface area contributed by atoms with Gasteiger partial charge < -0.3 is 14.8 Å². The summed E-state index contributed by atoms with van der Waals surface area (Å²) in [6, 6.07) is 5.24. The molecular weight excluding hydrogens is 334 g/mol. The Morgan fingerprint density at radius 3 is 2.69 bits per heavy atom. The molecule has 7 nitrogen and oxygen atoms in total. The highest BCUT2D eigenvalue weighted by molar-refractivity contribution is 6.07. The van der Waals surface area contributed by atoms with Gasteiger partial charge in [0.1, 0.15) is 0 Å². The Bertz CT molecular complexity index is 824. The molecule has 1 aromatic carbocycles. The van der Waals surface area contributed by atoms with Gasteiger partial charge in [0.15, 0.2) is 23.9 Å². The number of hydrogen-bond donors (Lipinski definition) is 1. The highest BCUT2D eigenvalue weighted by atomic mass is 16.5. The first-order valence-corrected chi connectivity index (χ1v) is 8.24. The third-order valence-electron chi connectivity index (χ3n) is 3.63. The summed E-state index contributed by atoms with van der Waals surface area (Å²) in [6.07, 6.45) is 4.89. The summed E-state index contributed by atoms with van der Waals surface area (Å²) in [5.41, 5.74) is 2.04. The van der Waals surface area contributed by atoms with Gasteiger partial charge in [-0.1, -0.05) is 12.1 Å². The maximum atomic E-state index is 12.3. The van der Waals surface area contributed by atoms with Crippen molar-refractivity contribution in [2.45, 2.75) is 13.8 Å². The first kappa shape index (κ1) is 19.2. The van der Waals surface area contributed by atoms with Crippen LogP contribution in [-0.4, -0.2) is 41.7 Å². The van der Waals surface area contributed by atoms with Gasteiger partial charge in [0.2, 0.25) is 0 Å². The Morgan fingerprint density at radius 2 is 2.08 bits per heavy atom. The van der Waals surface area contributed by atoms with E-state index in [0.717, 1.165) is 5.56 Å². The van der Waals surface area contributed by atoms with Crippen molar-refractivity contribution in [2.75, 3.05) is 20.3 Å². The molecule has 2 rings (SSSR count). The lowest BCUT2D eigenvalue weighted by Crippen LogP contribution is -2.28. The SMILES string of the molecule is CCNC(=O)COc1ccc(C=CC(=O)c2cn(C)nc2C)cc1OC. The van der Waals surface area contributed by atoms with Crippen molar-refractivity contribution in [3.05, 3.63) is 47.3 Å². The van der Waals surface area contributed by atoms with Crippen LogP contribution in [-0.2, 0) is 11.8 Å². The van der Waals surface area contributed by atoms with E-state index < -0.39 is 0 Å². The summed E-state index contributed by atoms with van der Waals surface area (Å²) in [5, 5.41) is 6.83. The summed E-state index contributed by atoms with van der Waals surface area (Å²) in [4.78, 5) is 23.8. The Balaban J connectivity index is 2.09. The number of ketones is 1. The van der Waals surface area contributed by atoms with E-state index in [1.165, 1.54) is 13.2 Å². The van der Waals surface area contributed by atoms with Crippen LogP contribution in [0.5, 0.6) is 11.5 Å². The van der Waals surface area contributed by atoms with Gasteiger partial charge in [-0.15, -0.1) is 0 Å². The molecule has 0 radical (unpaired) electrons. The van der Waals surface area contributed by atoms with Gasteiger partial charge in [0, 0.05) is 19.8 Å². The Morgan fingerprint density at radius 1 is 1.31 bits per heavy atom. The number of aromatic nitrogens is 2. The molecule has 0 aliphatic carbocycles. The Kier molecular flexibility index (Phi) is 6.54. The van der Waals surface area contributed by atoms with Crippen molar-refractivity contribution in [2.24, 2.45) is 7.05 Å². The molecule has 138 valence electrons. The van der Waals surface area contributed by atoms with Gasteiger partial charge in [0.25, 0.3) is 5.91 Å². The zero-order chi connectivity index (χ0) is 19.1. The highest BCUT2D eigenvalue weighted by Crippen LogP contribution is 2.28. The summed E-state index contributed by atoms with van der Waals surface area (Å²) in [6.45, 7) is 4.10. The van der Waals surface area contributed by atoms with Crippen molar-refractivity contribution in [3.63, 3.8) is 0 Å². The first-order chi connectivity index (χ1) is 12.4. The largest absolute Gasteiger partial charge is 0.493 e. The maximum Gasteiger partial charge on any atom is 0.257 e. The van der Waals surface area contributed by atoms with E-state index in [1.54, 1.807) is 49.1 Å². The Hall–Kier alpha value is -3.09. The number of likely N-dealkylation sites (N-methyl/N-ethyl adjacent to an activating group) is 1. The molecule has 0 spiro atoms. The van der Waals surface area contributed by atoms with Crippen LogP contribution in [0.15, 0.2) is 30.5 Å². The first-order valence-electron chi connectivity index (χ1n) is 8.24. The molecule has 0 saturated heterocycles. The average molecular weight is 357 g/mol. The predicted octanol–water partition coefficient (Wildman–Crippen LogP) is 2.15. The van der Waals surface area contributed by atoms with Crippen LogP contribution in [0, 0.1) is 6.92 Å². The Labute approximate surface area is 152 Å². The number of carbonyl (C=O) groups is 2. The molecule has 0 aliphatic rings. The van der Waals surface area contributed by atoms with Crippen molar-refractivity contribution in [1.29, 1.82) is 0 Å². The van der Waals surface area contributed by atoms with Crippen LogP contribution in [0.1, 0.15) is 28.5 Å². The molecule has 1 amide bonds. The second-order valence-electron chi connectivity index (χ2n) is 5.65. The zero-order valence-corrected chi connectivity index (χ0v) is 15.4. The molecule has 0 aliphatic heterocycles. The van der Waals surface area contributed by atoms with Crippen LogP contribution in [0.3, 0.4) is 0 Å². The van der Waals surface area contributed by atoms with Crippen LogP contribution in [0.2, 0.25) is 0 Å². The molecule has 0 saturated carbocycles. The van der Waals surface area contributed by atoms with Gasteiger partial charge >= 0.3 is 0 Å². The number of hydrogen-bond acceptors (Lipinski definition) is 5. The predicted molar refractivity (Wildman–Crippen MR) is 98.5 cm³/mol. The van der Waals surface area contributed by atoms with E-state index in [1.807, 2.05) is 6.92 Å². The minimum Gasteiger partial charge on any atom is -0.493 e. The van der Waals surface area contributed by atoms with Crippen molar-refractivity contribution < 1.29 is 19.1 Å².